The fourth-order valence-electron chi connectivity index (χ4n) is 2.95. The van der Waals surface area contributed by atoms with Crippen molar-refractivity contribution in [2.45, 2.75) is 0 Å². The Labute approximate surface area is 201 Å². The van der Waals surface area contributed by atoms with Crippen LogP contribution in [0.4, 0.5) is 11.4 Å². The first-order chi connectivity index (χ1) is 15.7. The molecule has 0 amide bonds. The number of anilines is 2. The molecule has 0 aliphatic rings. The number of nitrogens with zero attached hydrogens (tertiary/aromatic N) is 3. The molecule has 0 unspecified atom stereocenters. The normalized spacial score (nSPS) is 11.5. The van der Waals surface area contributed by atoms with Crippen molar-refractivity contribution >= 4 is 51.0 Å². The zero-order valence-corrected chi connectivity index (χ0v) is 19.4. The molecule has 4 rings (SSSR count). The molecule has 0 bridgehead atoms. The third-order valence-corrected chi connectivity index (χ3v) is 5.34. The van der Waals surface area contributed by atoms with Gasteiger partial charge in [-0.05, 0) is 54.1 Å². The summed E-state index contributed by atoms with van der Waals surface area (Å²) in [5.41, 5.74) is 6.78. The standard InChI is InChI=1S/C26H20BrClN4/c27-22-13-17-24(18-14-22)30-31-26(21-7-3-1-4-8-21)32(25-9-5-2-6-10-25)29-19-20-11-15-23(28)16-12-20/h1-19,30H/b29-19+,31-26-. The number of halogens is 2. The van der Waals surface area contributed by atoms with Crippen molar-refractivity contribution in [3.05, 3.63) is 130 Å². The lowest BCUT2D eigenvalue weighted by molar-refractivity contribution is 1.11. The number of rotatable bonds is 6. The number of amidine groups is 1. The minimum atomic E-state index is 0.657. The third kappa shape index (κ3) is 5.84. The van der Waals surface area contributed by atoms with Gasteiger partial charge in [0, 0.05) is 15.1 Å². The SMILES string of the molecule is Clc1ccc(/C=N/N(/C(=N\Nc2ccc(Br)cc2)c2ccccc2)c2ccccc2)cc1. The molecule has 6 heteroatoms. The summed E-state index contributed by atoms with van der Waals surface area (Å²) < 4.78 is 1.01. The summed E-state index contributed by atoms with van der Waals surface area (Å²) in [6, 6.07) is 35.3. The quantitative estimate of drug-likeness (QED) is 0.169. The molecule has 32 heavy (non-hydrogen) atoms. The van der Waals surface area contributed by atoms with Crippen LogP contribution in [0.1, 0.15) is 11.1 Å². The minimum absolute atomic E-state index is 0.657. The van der Waals surface area contributed by atoms with E-state index in [0.29, 0.717) is 10.9 Å². The largest absolute Gasteiger partial charge is 0.276 e. The summed E-state index contributed by atoms with van der Waals surface area (Å²) in [4.78, 5) is 0. The molecule has 0 aliphatic heterocycles. The number of nitrogens with one attached hydrogen (secondary N) is 1. The third-order valence-electron chi connectivity index (χ3n) is 4.56. The highest BCUT2D eigenvalue weighted by Crippen LogP contribution is 2.20. The average Bonchev–Trinajstić information content (AvgIpc) is 2.84. The lowest BCUT2D eigenvalue weighted by atomic mass is 10.2. The van der Waals surface area contributed by atoms with Gasteiger partial charge in [-0.2, -0.15) is 10.2 Å². The van der Waals surface area contributed by atoms with Crippen LogP contribution in [0.3, 0.4) is 0 Å². The maximum absolute atomic E-state index is 6.02. The van der Waals surface area contributed by atoms with E-state index in [1.807, 2.05) is 114 Å². The van der Waals surface area contributed by atoms with E-state index in [1.54, 1.807) is 6.21 Å². The Kier molecular flexibility index (Phi) is 7.33. The van der Waals surface area contributed by atoms with Crippen LogP contribution in [0.5, 0.6) is 0 Å². The van der Waals surface area contributed by atoms with Gasteiger partial charge in [-0.25, -0.2) is 5.01 Å². The maximum atomic E-state index is 6.02. The Morgan fingerprint density at radius 3 is 2.06 bits per heavy atom. The van der Waals surface area contributed by atoms with Crippen molar-refractivity contribution in [2.24, 2.45) is 10.2 Å². The molecule has 0 atom stereocenters. The molecule has 1 N–H and O–H groups in total. The number of para-hydroxylation sites is 1. The second-order valence-electron chi connectivity index (χ2n) is 6.86. The number of hydrazone groups is 2. The second kappa shape index (κ2) is 10.8. The number of benzene rings is 4. The Hall–Kier alpha value is -3.41. The van der Waals surface area contributed by atoms with Crippen LogP contribution in [0.2, 0.25) is 5.02 Å². The summed E-state index contributed by atoms with van der Waals surface area (Å²) >= 11 is 9.49. The molecule has 4 aromatic carbocycles. The fraction of sp³-hybridized carbons (Fsp3) is 0. The van der Waals surface area contributed by atoms with E-state index in [1.165, 1.54) is 0 Å². The summed E-state index contributed by atoms with van der Waals surface area (Å²) in [7, 11) is 0. The molecule has 0 aromatic heterocycles. The van der Waals surface area contributed by atoms with Gasteiger partial charge in [0.05, 0.1) is 17.6 Å². The highest BCUT2D eigenvalue weighted by molar-refractivity contribution is 9.10. The first-order valence-electron chi connectivity index (χ1n) is 9.98. The molecule has 0 heterocycles. The van der Waals surface area contributed by atoms with Crippen LogP contribution < -0.4 is 10.4 Å². The molecule has 0 spiro atoms. The summed E-state index contributed by atoms with van der Waals surface area (Å²) in [5.74, 6) is 0.657. The van der Waals surface area contributed by atoms with E-state index in [-0.39, 0.29) is 0 Å². The summed E-state index contributed by atoms with van der Waals surface area (Å²) in [5, 5.41) is 12.0. The molecule has 0 saturated carbocycles. The van der Waals surface area contributed by atoms with Crippen LogP contribution in [0.25, 0.3) is 0 Å². The van der Waals surface area contributed by atoms with Gasteiger partial charge in [0.2, 0.25) is 0 Å². The van der Waals surface area contributed by atoms with E-state index in [2.05, 4.69) is 21.4 Å². The summed E-state index contributed by atoms with van der Waals surface area (Å²) in [6.45, 7) is 0. The molecule has 0 radical (unpaired) electrons. The number of hydrogen-bond donors (Lipinski definition) is 1. The molecule has 0 saturated heterocycles. The van der Waals surface area contributed by atoms with Gasteiger partial charge >= 0.3 is 0 Å². The van der Waals surface area contributed by atoms with Gasteiger partial charge in [0.25, 0.3) is 0 Å². The van der Waals surface area contributed by atoms with Gasteiger partial charge in [-0.15, -0.1) is 0 Å². The Morgan fingerprint density at radius 2 is 1.41 bits per heavy atom. The van der Waals surface area contributed by atoms with Crippen LogP contribution in [-0.4, -0.2) is 12.1 Å². The van der Waals surface area contributed by atoms with Gasteiger partial charge in [-0.3, -0.25) is 5.43 Å². The van der Waals surface area contributed by atoms with Crippen molar-refractivity contribution in [1.82, 2.24) is 0 Å². The van der Waals surface area contributed by atoms with Crippen LogP contribution in [0.15, 0.2) is 124 Å². The predicted molar refractivity (Wildman–Crippen MR) is 139 cm³/mol. The van der Waals surface area contributed by atoms with Crippen molar-refractivity contribution in [3.8, 4) is 0 Å². The number of hydrogen-bond acceptors (Lipinski definition) is 3. The van der Waals surface area contributed by atoms with Crippen molar-refractivity contribution in [2.75, 3.05) is 10.4 Å². The maximum Gasteiger partial charge on any atom is 0.181 e. The zero-order chi connectivity index (χ0) is 22.2. The molecular formula is C26H20BrClN4. The van der Waals surface area contributed by atoms with Gasteiger partial charge in [-0.1, -0.05) is 88.2 Å². The van der Waals surface area contributed by atoms with E-state index in [4.69, 9.17) is 21.8 Å². The Bertz CT molecular complexity index is 1190. The highest BCUT2D eigenvalue weighted by atomic mass is 79.9. The molecule has 0 fully saturated rings. The monoisotopic (exact) mass is 502 g/mol. The average molecular weight is 504 g/mol. The topological polar surface area (TPSA) is 40.0 Å². The second-order valence-corrected chi connectivity index (χ2v) is 8.22. The van der Waals surface area contributed by atoms with E-state index < -0.39 is 0 Å². The molecular weight excluding hydrogens is 484 g/mol. The predicted octanol–water partition coefficient (Wildman–Crippen LogP) is 7.42. The van der Waals surface area contributed by atoms with E-state index >= 15 is 0 Å². The van der Waals surface area contributed by atoms with Gasteiger partial charge < -0.3 is 0 Å². The van der Waals surface area contributed by atoms with Crippen LogP contribution >= 0.6 is 27.5 Å². The smallest absolute Gasteiger partial charge is 0.181 e. The molecule has 4 nitrogen and oxygen atoms in total. The molecule has 158 valence electrons. The molecule has 0 aliphatic carbocycles. The first kappa shape index (κ1) is 21.8. The fourth-order valence-corrected chi connectivity index (χ4v) is 3.34. The summed E-state index contributed by atoms with van der Waals surface area (Å²) in [6.07, 6.45) is 1.79. The van der Waals surface area contributed by atoms with Gasteiger partial charge in [0.15, 0.2) is 5.84 Å². The van der Waals surface area contributed by atoms with Crippen molar-refractivity contribution < 1.29 is 0 Å². The minimum Gasteiger partial charge on any atom is -0.276 e. The lowest BCUT2D eigenvalue weighted by Crippen LogP contribution is -2.28. The Balaban J connectivity index is 1.76. The Morgan fingerprint density at radius 1 is 0.781 bits per heavy atom. The molecule has 4 aromatic rings. The van der Waals surface area contributed by atoms with Gasteiger partial charge in [0.1, 0.15) is 0 Å². The first-order valence-corrected chi connectivity index (χ1v) is 11.2. The van der Waals surface area contributed by atoms with Crippen molar-refractivity contribution in [1.29, 1.82) is 0 Å². The highest BCUT2D eigenvalue weighted by Gasteiger charge is 2.15. The van der Waals surface area contributed by atoms with Crippen LogP contribution in [-0.2, 0) is 0 Å². The van der Waals surface area contributed by atoms with E-state index in [9.17, 15) is 0 Å². The van der Waals surface area contributed by atoms with Crippen molar-refractivity contribution in [3.63, 3.8) is 0 Å². The zero-order valence-electron chi connectivity index (χ0n) is 17.1. The van der Waals surface area contributed by atoms with Crippen LogP contribution in [0, 0.1) is 0 Å². The lowest BCUT2D eigenvalue weighted by Gasteiger charge is -2.21. The van der Waals surface area contributed by atoms with E-state index in [0.717, 1.165) is 27.0 Å².